The van der Waals surface area contributed by atoms with Gasteiger partial charge in [0.2, 0.25) is 0 Å². The smallest absolute Gasteiger partial charge is 0.160 e. The van der Waals surface area contributed by atoms with Gasteiger partial charge in [0.05, 0.1) is 11.4 Å². The number of hydrogen-bond acceptors (Lipinski definition) is 5. The van der Waals surface area contributed by atoms with Crippen molar-refractivity contribution < 1.29 is 13.2 Å². The second-order valence-corrected chi connectivity index (χ2v) is 14.2. The molecule has 0 saturated heterocycles. The van der Waals surface area contributed by atoms with Crippen LogP contribution in [0.2, 0.25) is 0 Å². The van der Waals surface area contributed by atoms with Gasteiger partial charge in [-0.15, -0.1) is 0 Å². The zero-order chi connectivity index (χ0) is 37.9. The SMILES string of the molecule is Fc1ccc(-c2nc(-c3cccc(-c4cccnc4)c3)cc(-c3cc(-c4ccc5oc6ccccc6c5c4)cc(-c4ccc5oc6ccccc6c5c4)c3)n2)cc1. The van der Waals surface area contributed by atoms with Crippen LogP contribution in [0.3, 0.4) is 0 Å². The number of halogens is 1. The summed E-state index contributed by atoms with van der Waals surface area (Å²) in [4.78, 5) is 14.6. The Hall–Kier alpha value is -7.70. The molecule has 0 amide bonds. The lowest BCUT2D eigenvalue weighted by atomic mass is 9.93. The Balaban J connectivity index is 1.13. The van der Waals surface area contributed by atoms with Crippen LogP contribution >= 0.6 is 0 Å². The molecule has 268 valence electrons. The van der Waals surface area contributed by atoms with E-state index in [0.717, 1.165) is 99.8 Å². The maximum atomic E-state index is 14.2. The van der Waals surface area contributed by atoms with Crippen molar-refractivity contribution in [3.05, 3.63) is 188 Å². The normalized spacial score (nSPS) is 11.6. The van der Waals surface area contributed by atoms with Gasteiger partial charge in [-0.25, -0.2) is 14.4 Å². The molecule has 0 fully saturated rings. The monoisotopic (exact) mass is 735 g/mol. The quantitative estimate of drug-likeness (QED) is 0.170. The van der Waals surface area contributed by atoms with Crippen molar-refractivity contribution in [2.45, 2.75) is 0 Å². The minimum Gasteiger partial charge on any atom is -0.456 e. The van der Waals surface area contributed by atoms with Gasteiger partial charge in [-0.2, -0.15) is 0 Å². The first-order chi connectivity index (χ1) is 28.1. The summed E-state index contributed by atoms with van der Waals surface area (Å²) in [6.45, 7) is 0. The van der Waals surface area contributed by atoms with E-state index in [1.165, 1.54) is 12.1 Å². The predicted octanol–water partition coefficient (Wildman–Crippen LogP) is 13.8. The molecule has 0 saturated carbocycles. The lowest BCUT2D eigenvalue weighted by molar-refractivity contribution is 0.628. The molecule has 0 radical (unpaired) electrons. The summed E-state index contributed by atoms with van der Waals surface area (Å²) in [7, 11) is 0. The topological polar surface area (TPSA) is 65.0 Å². The Morgan fingerprint density at radius 2 is 0.860 bits per heavy atom. The first-order valence-corrected chi connectivity index (χ1v) is 18.7. The van der Waals surface area contributed by atoms with Gasteiger partial charge >= 0.3 is 0 Å². The van der Waals surface area contributed by atoms with Gasteiger partial charge in [0.1, 0.15) is 28.1 Å². The summed E-state index contributed by atoms with van der Waals surface area (Å²) >= 11 is 0. The van der Waals surface area contributed by atoms with Gasteiger partial charge in [-0.1, -0.05) is 72.8 Å². The Morgan fingerprint density at radius 3 is 1.49 bits per heavy atom. The third-order valence-electron chi connectivity index (χ3n) is 10.6. The number of furan rings is 2. The van der Waals surface area contributed by atoms with Crippen LogP contribution in [-0.4, -0.2) is 15.0 Å². The molecule has 0 N–H and O–H groups in total. The Labute approximate surface area is 326 Å². The highest BCUT2D eigenvalue weighted by molar-refractivity contribution is 6.07. The molecule has 57 heavy (non-hydrogen) atoms. The number of fused-ring (bicyclic) bond motifs is 6. The number of hydrogen-bond donors (Lipinski definition) is 0. The van der Waals surface area contributed by atoms with Gasteiger partial charge in [-0.3, -0.25) is 4.98 Å². The molecule has 6 heteroatoms. The Morgan fingerprint density at radius 1 is 0.351 bits per heavy atom. The minimum atomic E-state index is -0.318. The van der Waals surface area contributed by atoms with E-state index in [2.05, 4.69) is 77.8 Å². The zero-order valence-electron chi connectivity index (χ0n) is 30.4. The van der Waals surface area contributed by atoms with Crippen molar-refractivity contribution in [1.29, 1.82) is 0 Å². The Bertz CT molecular complexity index is 3180. The van der Waals surface area contributed by atoms with Crippen molar-refractivity contribution >= 4 is 43.9 Å². The first kappa shape index (κ1) is 32.7. The molecule has 11 aromatic rings. The minimum absolute atomic E-state index is 0.318. The average Bonchev–Trinajstić information content (AvgIpc) is 3.84. The van der Waals surface area contributed by atoms with E-state index in [0.29, 0.717) is 11.4 Å². The highest BCUT2D eigenvalue weighted by Crippen LogP contribution is 2.39. The number of benzene rings is 7. The standard InChI is InChI=1S/C51H30FN3O2/c52-40-18-14-31(15-19-40)51-54-45(35-8-5-7-32(23-35)36-9-6-22-53-30-36)29-46(55-51)39-25-37(33-16-20-49-43(27-33)41-10-1-3-12-47(41)56-49)24-38(26-39)34-17-21-50-44(28-34)42-11-2-4-13-48(42)57-50/h1-30H. The van der Waals surface area contributed by atoms with E-state index < -0.39 is 0 Å². The third kappa shape index (κ3) is 5.92. The second kappa shape index (κ2) is 13.3. The molecule has 4 aromatic heterocycles. The van der Waals surface area contributed by atoms with E-state index in [1.807, 2.05) is 79.0 Å². The molecule has 0 aliphatic rings. The van der Waals surface area contributed by atoms with Crippen LogP contribution in [-0.2, 0) is 0 Å². The van der Waals surface area contributed by atoms with Gasteiger partial charge in [0.15, 0.2) is 5.82 Å². The summed E-state index contributed by atoms with van der Waals surface area (Å²) in [5.41, 5.74) is 13.6. The zero-order valence-corrected chi connectivity index (χ0v) is 30.4. The van der Waals surface area contributed by atoms with Crippen molar-refractivity contribution in [1.82, 2.24) is 15.0 Å². The van der Waals surface area contributed by atoms with Crippen LogP contribution < -0.4 is 0 Å². The number of para-hydroxylation sites is 2. The van der Waals surface area contributed by atoms with Crippen LogP contribution in [0.15, 0.2) is 191 Å². The van der Waals surface area contributed by atoms with E-state index in [9.17, 15) is 4.39 Å². The maximum Gasteiger partial charge on any atom is 0.160 e. The number of nitrogens with zero attached hydrogens (tertiary/aromatic N) is 3. The molecular weight excluding hydrogens is 706 g/mol. The fraction of sp³-hybridized carbons (Fsp3) is 0. The molecular formula is C51H30FN3O2. The average molecular weight is 736 g/mol. The molecule has 0 atom stereocenters. The molecule has 7 aromatic carbocycles. The van der Waals surface area contributed by atoms with E-state index >= 15 is 0 Å². The maximum absolute atomic E-state index is 14.2. The van der Waals surface area contributed by atoms with Crippen molar-refractivity contribution in [2.75, 3.05) is 0 Å². The summed E-state index contributed by atoms with van der Waals surface area (Å²) in [6, 6.07) is 56.2. The van der Waals surface area contributed by atoms with Crippen LogP contribution in [0.5, 0.6) is 0 Å². The predicted molar refractivity (Wildman–Crippen MR) is 227 cm³/mol. The summed E-state index contributed by atoms with van der Waals surface area (Å²) < 4.78 is 26.6. The van der Waals surface area contributed by atoms with Gasteiger partial charge in [0.25, 0.3) is 0 Å². The fourth-order valence-electron chi connectivity index (χ4n) is 7.78. The Kier molecular flexibility index (Phi) is 7.60. The summed E-state index contributed by atoms with van der Waals surface area (Å²) in [5, 5.41) is 4.25. The van der Waals surface area contributed by atoms with Crippen molar-refractivity contribution in [2.24, 2.45) is 0 Å². The lowest BCUT2D eigenvalue weighted by Gasteiger charge is -2.14. The van der Waals surface area contributed by atoms with Crippen LogP contribution in [0.25, 0.3) is 111 Å². The van der Waals surface area contributed by atoms with Crippen LogP contribution in [0.4, 0.5) is 4.39 Å². The lowest BCUT2D eigenvalue weighted by Crippen LogP contribution is -1.97. The highest BCUT2D eigenvalue weighted by Gasteiger charge is 2.17. The van der Waals surface area contributed by atoms with Gasteiger partial charge in [0, 0.05) is 56.2 Å². The van der Waals surface area contributed by atoms with E-state index in [4.69, 9.17) is 18.8 Å². The first-order valence-electron chi connectivity index (χ1n) is 18.7. The van der Waals surface area contributed by atoms with Crippen LogP contribution in [0.1, 0.15) is 0 Å². The largest absolute Gasteiger partial charge is 0.456 e. The van der Waals surface area contributed by atoms with Crippen molar-refractivity contribution in [3.8, 4) is 67.3 Å². The molecule has 0 unspecified atom stereocenters. The number of pyridine rings is 1. The third-order valence-corrected chi connectivity index (χ3v) is 10.6. The summed E-state index contributed by atoms with van der Waals surface area (Å²) in [6.07, 6.45) is 3.63. The van der Waals surface area contributed by atoms with Crippen molar-refractivity contribution in [3.63, 3.8) is 0 Å². The molecule has 0 aliphatic carbocycles. The highest BCUT2D eigenvalue weighted by atomic mass is 19.1. The second-order valence-electron chi connectivity index (χ2n) is 14.2. The molecule has 0 spiro atoms. The summed E-state index contributed by atoms with van der Waals surface area (Å²) in [5.74, 6) is 0.181. The van der Waals surface area contributed by atoms with E-state index in [1.54, 1.807) is 18.3 Å². The molecule has 0 aliphatic heterocycles. The molecule has 11 rings (SSSR count). The molecule has 4 heterocycles. The number of rotatable bonds is 6. The van der Waals surface area contributed by atoms with E-state index in [-0.39, 0.29) is 5.82 Å². The van der Waals surface area contributed by atoms with Crippen LogP contribution in [0, 0.1) is 5.82 Å². The fourth-order valence-corrected chi connectivity index (χ4v) is 7.78. The van der Waals surface area contributed by atoms with Gasteiger partial charge < -0.3 is 8.83 Å². The molecule has 0 bridgehead atoms. The van der Waals surface area contributed by atoms with Gasteiger partial charge in [-0.05, 0) is 125 Å². The molecule has 5 nitrogen and oxygen atoms in total. The number of aromatic nitrogens is 3.